The number of H-pyrrole nitrogens is 1. The third kappa shape index (κ3) is 1.25. The van der Waals surface area contributed by atoms with E-state index in [4.69, 9.17) is 28.4 Å². The number of nitrogens with one attached hydrogen (secondary N) is 2. The second-order valence-electron chi connectivity index (χ2n) is 1.64. The SMILES string of the molecule is [O-][NH+](O)c1c[nH]c(Cl)c1Cl. The molecule has 0 spiro atoms. The minimum absolute atomic E-state index is 0.00772. The van der Waals surface area contributed by atoms with Gasteiger partial charge < -0.3 is 10.2 Å². The van der Waals surface area contributed by atoms with Gasteiger partial charge in [-0.25, -0.2) is 5.21 Å². The van der Waals surface area contributed by atoms with Gasteiger partial charge in [-0.15, -0.1) is 0 Å². The van der Waals surface area contributed by atoms with Crippen LogP contribution in [0.4, 0.5) is 5.69 Å². The molecular weight excluding hydrogens is 179 g/mol. The lowest BCUT2D eigenvalue weighted by atomic mass is 10.5. The highest BCUT2D eigenvalue weighted by atomic mass is 35.5. The summed E-state index contributed by atoms with van der Waals surface area (Å²) < 4.78 is 0. The van der Waals surface area contributed by atoms with Gasteiger partial charge in [-0.05, 0) is 0 Å². The van der Waals surface area contributed by atoms with Gasteiger partial charge in [0, 0.05) is 0 Å². The largest absolute Gasteiger partial charge is 0.595 e. The first-order valence-electron chi connectivity index (χ1n) is 2.38. The standard InChI is InChI=1S/C4H4Cl2N2O2/c5-3-2(8(9)10)1-7-4(3)6/h1,7-9H. The van der Waals surface area contributed by atoms with Crippen LogP contribution in [0.3, 0.4) is 0 Å². The molecule has 0 saturated heterocycles. The van der Waals surface area contributed by atoms with E-state index in [0.29, 0.717) is 0 Å². The highest BCUT2D eigenvalue weighted by Crippen LogP contribution is 2.25. The maximum Gasteiger partial charge on any atom is 0.201 e. The molecule has 3 N–H and O–H groups in total. The van der Waals surface area contributed by atoms with Crippen molar-refractivity contribution in [2.45, 2.75) is 0 Å². The molecule has 0 amide bonds. The molecule has 1 aromatic rings. The van der Waals surface area contributed by atoms with Crippen molar-refractivity contribution in [1.82, 2.24) is 4.98 Å². The summed E-state index contributed by atoms with van der Waals surface area (Å²) in [6, 6.07) is 0. The molecule has 0 bridgehead atoms. The van der Waals surface area contributed by atoms with E-state index in [1.54, 1.807) is 0 Å². The molecule has 0 radical (unpaired) electrons. The Morgan fingerprint density at radius 3 is 2.40 bits per heavy atom. The Balaban J connectivity index is 3.05. The molecule has 10 heavy (non-hydrogen) atoms. The molecule has 0 fully saturated rings. The lowest BCUT2D eigenvalue weighted by Gasteiger charge is -2.08. The van der Waals surface area contributed by atoms with Crippen LogP contribution >= 0.6 is 23.2 Å². The van der Waals surface area contributed by atoms with Crippen LogP contribution in [0.25, 0.3) is 0 Å². The first kappa shape index (κ1) is 7.84. The van der Waals surface area contributed by atoms with Crippen LogP contribution < -0.4 is 5.23 Å². The van der Waals surface area contributed by atoms with Gasteiger partial charge in [0.15, 0.2) is 0 Å². The van der Waals surface area contributed by atoms with Crippen molar-refractivity contribution in [2.24, 2.45) is 0 Å². The number of hydrogen-bond donors (Lipinski definition) is 3. The van der Waals surface area contributed by atoms with Crippen LogP contribution in [0.15, 0.2) is 6.20 Å². The van der Waals surface area contributed by atoms with Crippen LogP contribution in [-0.2, 0) is 0 Å². The quantitative estimate of drug-likeness (QED) is 0.561. The first-order valence-corrected chi connectivity index (χ1v) is 3.14. The summed E-state index contributed by atoms with van der Waals surface area (Å²) in [6.07, 6.45) is 1.24. The van der Waals surface area contributed by atoms with Crippen molar-refractivity contribution in [3.8, 4) is 0 Å². The smallest absolute Gasteiger partial charge is 0.201 e. The number of quaternary nitrogens is 1. The Labute approximate surface area is 66.5 Å². The first-order chi connectivity index (χ1) is 4.63. The Bertz CT molecular complexity index is 235. The zero-order chi connectivity index (χ0) is 7.72. The van der Waals surface area contributed by atoms with Gasteiger partial charge in [0.05, 0.1) is 6.20 Å². The molecule has 56 valence electrons. The maximum atomic E-state index is 10.3. The average molecular weight is 183 g/mol. The van der Waals surface area contributed by atoms with Gasteiger partial charge in [-0.1, -0.05) is 23.2 Å². The van der Waals surface area contributed by atoms with E-state index in [9.17, 15) is 5.21 Å². The number of halogens is 2. The van der Waals surface area contributed by atoms with E-state index in [0.717, 1.165) is 0 Å². The second-order valence-corrected chi connectivity index (χ2v) is 2.39. The highest BCUT2D eigenvalue weighted by Gasteiger charge is 2.11. The average Bonchev–Trinajstić information content (AvgIpc) is 2.14. The fourth-order valence-corrected chi connectivity index (χ4v) is 0.882. The van der Waals surface area contributed by atoms with E-state index in [2.05, 4.69) is 4.98 Å². The molecule has 0 aromatic carbocycles. The Morgan fingerprint density at radius 2 is 2.20 bits per heavy atom. The van der Waals surface area contributed by atoms with Crippen LogP contribution in [0, 0.1) is 5.21 Å². The van der Waals surface area contributed by atoms with Crippen molar-refractivity contribution in [1.29, 1.82) is 0 Å². The predicted molar refractivity (Wildman–Crippen MR) is 36.6 cm³/mol. The summed E-state index contributed by atoms with van der Waals surface area (Å²) >= 11 is 10.9. The third-order valence-corrected chi connectivity index (χ3v) is 1.79. The maximum absolute atomic E-state index is 10.3. The monoisotopic (exact) mass is 182 g/mol. The molecule has 0 aliphatic carbocycles. The summed E-state index contributed by atoms with van der Waals surface area (Å²) in [6.45, 7) is 0. The van der Waals surface area contributed by atoms with Crippen LogP contribution in [0.5, 0.6) is 0 Å². The van der Waals surface area contributed by atoms with E-state index >= 15 is 0 Å². The van der Waals surface area contributed by atoms with Crippen LogP contribution in [-0.4, -0.2) is 10.2 Å². The van der Waals surface area contributed by atoms with Gasteiger partial charge in [-0.3, -0.25) is 0 Å². The molecule has 1 rings (SSSR count). The molecule has 6 heteroatoms. The van der Waals surface area contributed by atoms with Gasteiger partial charge in [-0.2, -0.15) is 5.23 Å². The molecule has 0 aliphatic rings. The summed E-state index contributed by atoms with van der Waals surface area (Å²) in [5.74, 6) is 0. The fourth-order valence-electron chi connectivity index (χ4n) is 0.536. The number of aromatic amines is 1. The lowest BCUT2D eigenvalue weighted by Crippen LogP contribution is -2.99. The van der Waals surface area contributed by atoms with E-state index in [1.807, 2.05) is 0 Å². The summed E-state index contributed by atoms with van der Waals surface area (Å²) in [5.41, 5.74) is -0.00772. The summed E-state index contributed by atoms with van der Waals surface area (Å²) in [5, 5.41) is 17.8. The zero-order valence-electron chi connectivity index (χ0n) is 4.69. The fraction of sp³-hybridized carbons (Fsp3) is 0. The molecule has 1 unspecified atom stereocenters. The molecular formula is C4H4Cl2N2O2. The minimum atomic E-state index is -1.09. The van der Waals surface area contributed by atoms with Gasteiger partial charge in [0.2, 0.25) is 5.69 Å². The molecule has 0 aliphatic heterocycles. The summed E-state index contributed by atoms with van der Waals surface area (Å²) in [7, 11) is 0. The lowest BCUT2D eigenvalue weighted by molar-refractivity contribution is -0.991. The summed E-state index contributed by atoms with van der Waals surface area (Å²) in [4.78, 5) is 2.47. The number of hydrogen-bond acceptors (Lipinski definition) is 2. The van der Waals surface area contributed by atoms with Crippen molar-refractivity contribution in [3.63, 3.8) is 0 Å². The van der Waals surface area contributed by atoms with Crippen LogP contribution in [0.2, 0.25) is 10.2 Å². The Morgan fingerprint density at radius 1 is 1.60 bits per heavy atom. The Hall–Kier alpha value is -0.260. The zero-order valence-corrected chi connectivity index (χ0v) is 6.20. The van der Waals surface area contributed by atoms with Gasteiger partial charge in [0.1, 0.15) is 10.2 Å². The highest BCUT2D eigenvalue weighted by molar-refractivity contribution is 6.42. The van der Waals surface area contributed by atoms with Gasteiger partial charge >= 0.3 is 0 Å². The Kier molecular flexibility index (Phi) is 2.18. The van der Waals surface area contributed by atoms with Gasteiger partial charge in [0.25, 0.3) is 0 Å². The molecule has 0 saturated carbocycles. The molecule has 4 nitrogen and oxygen atoms in total. The number of rotatable bonds is 1. The normalized spacial score (nSPS) is 13.6. The predicted octanol–water partition coefficient (Wildman–Crippen LogP) is 0.725. The van der Waals surface area contributed by atoms with E-state index in [1.165, 1.54) is 6.20 Å². The van der Waals surface area contributed by atoms with Crippen molar-refractivity contribution < 1.29 is 10.4 Å². The number of aromatic nitrogens is 1. The molecule has 1 heterocycles. The minimum Gasteiger partial charge on any atom is -0.595 e. The van der Waals surface area contributed by atoms with Crippen molar-refractivity contribution >= 4 is 28.9 Å². The van der Waals surface area contributed by atoms with E-state index in [-0.39, 0.29) is 15.9 Å². The van der Waals surface area contributed by atoms with Crippen molar-refractivity contribution in [2.75, 3.05) is 0 Å². The van der Waals surface area contributed by atoms with E-state index < -0.39 is 5.23 Å². The molecule has 1 aromatic heterocycles. The topological polar surface area (TPSA) is 63.5 Å². The molecule has 1 atom stereocenters. The third-order valence-electron chi connectivity index (χ3n) is 1.00. The van der Waals surface area contributed by atoms with Crippen LogP contribution in [0.1, 0.15) is 0 Å². The van der Waals surface area contributed by atoms with Crippen molar-refractivity contribution in [3.05, 3.63) is 21.6 Å². The second kappa shape index (κ2) is 2.77.